The second-order valence-electron chi connectivity index (χ2n) is 6.39. The molecule has 0 bridgehead atoms. The van der Waals surface area contributed by atoms with Crippen LogP contribution in [0.3, 0.4) is 0 Å². The SMILES string of the molecule is COc1ccc2c(c1)[C@@H]1C=CC[C@@H]1[C@@H](c1cc([N+](=O)[O-])ccc1Cl)N2. The molecule has 2 aliphatic rings. The monoisotopic (exact) mass is 356 g/mol. The molecule has 5 nitrogen and oxygen atoms in total. The van der Waals surface area contributed by atoms with Crippen molar-refractivity contribution >= 4 is 23.0 Å². The molecule has 0 radical (unpaired) electrons. The number of nitro benzene ring substituents is 1. The number of non-ortho nitro benzene ring substituents is 1. The molecule has 0 saturated carbocycles. The number of rotatable bonds is 3. The molecule has 3 atom stereocenters. The molecule has 25 heavy (non-hydrogen) atoms. The summed E-state index contributed by atoms with van der Waals surface area (Å²) in [6.07, 6.45) is 5.28. The highest BCUT2D eigenvalue weighted by Gasteiger charge is 2.39. The van der Waals surface area contributed by atoms with Crippen molar-refractivity contribution < 1.29 is 9.66 Å². The number of anilines is 1. The van der Waals surface area contributed by atoms with Gasteiger partial charge in [0.15, 0.2) is 0 Å². The van der Waals surface area contributed by atoms with E-state index in [9.17, 15) is 10.1 Å². The highest BCUT2D eigenvalue weighted by Crippen LogP contribution is 2.51. The summed E-state index contributed by atoms with van der Waals surface area (Å²) >= 11 is 6.40. The van der Waals surface area contributed by atoms with Crippen molar-refractivity contribution in [2.45, 2.75) is 18.4 Å². The zero-order valence-corrected chi connectivity index (χ0v) is 14.4. The van der Waals surface area contributed by atoms with Gasteiger partial charge in [-0.05, 0) is 42.2 Å². The number of nitro groups is 1. The molecule has 4 rings (SSSR count). The number of halogens is 1. The maximum absolute atomic E-state index is 11.2. The molecule has 2 aromatic carbocycles. The van der Waals surface area contributed by atoms with Crippen LogP contribution in [0, 0.1) is 16.0 Å². The van der Waals surface area contributed by atoms with Crippen LogP contribution in [0.5, 0.6) is 5.75 Å². The maximum atomic E-state index is 11.2. The third-order valence-electron chi connectivity index (χ3n) is 5.10. The minimum absolute atomic E-state index is 0.0595. The number of methoxy groups -OCH3 is 1. The van der Waals surface area contributed by atoms with Crippen molar-refractivity contribution in [2.24, 2.45) is 5.92 Å². The number of nitrogens with zero attached hydrogens (tertiary/aromatic N) is 1. The van der Waals surface area contributed by atoms with Gasteiger partial charge in [-0.3, -0.25) is 10.1 Å². The van der Waals surface area contributed by atoms with Gasteiger partial charge in [0.2, 0.25) is 0 Å². The smallest absolute Gasteiger partial charge is 0.269 e. The molecule has 6 heteroatoms. The van der Waals surface area contributed by atoms with Crippen LogP contribution in [0.2, 0.25) is 5.02 Å². The molecule has 0 aromatic heterocycles. The van der Waals surface area contributed by atoms with E-state index in [-0.39, 0.29) is 28.5 Å². The van der Waals surface area contributed by atoms with E-state index in [1.807, 2.05) is 12.1 Å². The lowest BCUT2D eigenvalue weighted by Crippen LogP contribution is -2.29. The Morgan fingerprint density at radius 2 is 2.08 bits per heavy atom. The molecule has 1 N–H and O–H groups in total. The van der Waals surface area contributed by atoms with E-state index in [1.165, 1.54) is 11.6 Å². The molecule has 0 saturated heterocycles. The maximum Gasteiger partial charge on any atom is 0.269 e. The second kappa shape index (κ2) is 6.08. The van der Waals surface area contributed by atoms with Crippen molar-refractivity contribution in [3.8, 4) is 5.75 Å². The molecule has 2 aromatic rings. The molecular formula is C19H17ClN2O3. The standard InChI is InChI=1S/C19H17ClN2O3/c1-25-12-6-8-18-15(10-12)13-3-2-4-14(13)19(21-18)16-9-11(22(23)24)5-7-17(16)20/h2-3,5-10,13-14,19,21H,4H2,1H3/t13-,14+,19+/m1/s1. The normalized spacial score (nSPS) is 23.5. The van der Waals surface area contributed by atoms with Gasteiger partial charge in [0, 0.05) is 34.3 Å². The number of nitrogens with one attached hydrogen (secondary N) is 1. The highest BCUT2D eigenvalue weighted by molar-refractivity contribution is 6.31. The summed E-state index contributed by atoms with van der Waals surface area (Å²) in [4.78, 5) is 10.8. The number of allylic oxidation sites excluding steroid dienone is 2. The fourth-order valence-electron chi connectivity index (χ4n) is 3.89. The molecule has 0 spiro atoms. The lowest BCUT2D eigenvalue weighted by molar-refractivity contribution is -0.384. The second-order valence-corrected chi connectivity index (χ2v) is 6.80. The number of hydrogen-bond donors (Lipinski definition) is 1. The number of hydrogen-bond acceptors (Lipinski definition) is 4. The minimum atomic E-state index is -0.383. The Bertz CT molecular complexity index is 881. The fraction of sp³-hybridized carbons (Fsp3) is 0.263. The van der Waals surface area contributed by atoms with E-state index in [1.54, 1.807) is 19.2 Å². The van der Waals surface area contributed by atoms with Crippen LogP contribution in [0.15, 0.2) is 48.6 Å². The van der Waals surface area contributed by atoms with E-state index in [2.05, 4.69) is 23.5 Å². The Kier molecular flexibility index (Phi) is 3.88. The van der Waals surface area contributed by atoms with Gasteiger partial charge < -0.3 is 10.1 Å². The average molecular weight is 357 g/mol. The van der Waals surface area contributed by atoms with Crippen LogP contribution in [-0.2, 0) is 0 Å². The lowest BCUT2D eigenvalue weighted by atomic mass is 9.77. The summed E-state index contributed by atoms with van der Waals surface area (Å²) < 4.78 is 5.35. The van der Waals surface area contributed by atoms with Crippen LogP contribution in [0.4, 0.5) is 11.4 Å². The third-order valence-corrected chi connectivity index (χ3v) is 5.44. The summed E-state index contributed by atoms with van der Waals surface area (Å²) in [5.41, 5.74) is 3.04. The molecule has 0 amide bonds. The molecule has 1 aliphatic carbocycles. The molecule has 1 heterocycles. The Balaban J connectivity index is 1.80. The van der Waals surface area contributed by atoms with Gasteiger partial charge in [0.05, 0.1) is 18.1 Å². The summed E-state index contributed by atoms with van der Waals surface area (Å²) in [5.74, 6) is 1.33. The molecular weight excluding hydrogens is 340 g/mol. The first-order valence-electron chi connectivity index (χ1n) is 8.13. The van der Waals surface area contributed by atoms with Gasteiger partial charge in [-0.15, -0.1) is 0 Å². The molecule has 0 unspecified atom stereocenters. The summed E-state index contributed by atoms with van der Waals surface area (Å²) in [7, 11) is 1.66. The largest absolute Gasteiger partial charge is 0.497 e. The molecule has 1 aliphatic heterocycles. The van der Waals surface area contributed by atoms with Gasteiger partial charge in [0.25, 0.3) is 5.69 Å². The Morgan fingerprint density at radius 1 is 1.24 bits per heavy atom. The number of ether oxygens (including phenoxy) is 1. The summed E-state index contributed by atoms with van der Waals surface area (Å²) in [6, 6.07) is 10.5. The summed E-state index contributed by atoms with van der Waals surface area (Å²) in [5, 5.41) is 15.2. The Morgan fingerprint density at radius 3 is 2.84 bits per heavy atom. The van der Waals surface area contributed by atoms with Crippen molar-refractivity contribution in [1.29, 1.82) is 0 Å². The van der Waals surface area contributed by atoms with Crippen molar-refractivity contribution in [3.63, 3.8) is 0 Å². The molecule has 0 fully saturated rings. The van der Waals surface area contributed by atoms with E-state index in [4.69, 9.17) is 16.3 Å². The zero-order chi connectivity index (χ0) is 17.6. The third kappa shape index (κ3) is 2.65. The van der Waals surface area contributed by atoms with E-state index < -0.39 is 0 Å². The lowest BCUT2D eigenvalue weighted by Gasteiger charge is -2.37. The fourth-order valence-corrected chi connectivity index (χ4v) is 4.13. The van der Waals surface area contributed by atoms with Crippen LogP contribution < -0.4 is 10.1 Å². The van der Waals surface area contributed by atoms with Crippen molar-refractivity contribution in [2.75, 3.05) is 12.4 Å². The first-order chi connectivity index (χ1) is 12.1. The van der Waals surface area contributed by atoms with Gasteiger partial charge in [-0.2, -0.15) is 0 Å². The quantitative estimate of drug-likeness (QED) is 0.473. The highest BCUT2D eigenvalue weighted by atomic mass is 35.5. The zero-order valence-electron chi connectivity index (χ0n) is 13.6. The van der Waals surface area contributed by atoms with Gasteiger partial charge in [-0.1, -0.05) is 23.8 Å². The van der Waals surface area contributed by atoms with Gasteiger partial charge >= 0.3 is 0 Å². The first-order valence-corrected chi connectivity index (χ1v) is 8.51. The van der Waals surface area contributed by atoms with Crippen molar-refractivity contribution in [3.05, 3.63) is 74.8 Å². The Hall–Kier alpha value is -2.53. The van der Waals surface area contributed by atoms with Crippen molar-refractivity contribution in [1.82, 2.24) is 0 Å². The first kappa shape index (κ1) is 16.0. The predicted octanol–water partition coefficient (Wildman–Crippen LogP) is 5.08. The number of benzene rings is 2. The predicted molar refractivity (Wildman–Crippen MR) is 97.5 cm³/mol. The summed E-state index contributed by atoms with van der Waals surface area (Å²) in [6.45, 7) is 0. The topological polar surface area (TPSA) is 64.4 Å². The van der Waals surface area contributed by atoms with Gasteiger partial charge in [0.1, 0.15) is 5.75 Å². The number of fused-ring (bicyclic) bond motifs is 3. The van der Waals surface area contributed by atoms with Crippen LogP contribution in [0.1, 0.15) is 29.5 Å². The Labute approximate surface area is 150 Å². The van der Waals surface area contributed by atoms with Crippen LogP contribution in [0.25, 0.3) is 0 Å². The van der Waals surface area contributed by atoms with Crippen LogP contribution >= 0.6 is 11.6 Å². The average Bonchev–Trinajstić information content (AvgIpc) is 3.11. The van der Waals surface area contributed by atoms with E-state index in [0.717, 1.165) is 23.4 Å². The van der Waals surface area contributed by atoms with E-state index in [0.29, 0.717) is 5.02 Å². The molecule has 128 valence electrons. The van der Waals surface area contributed by atoms with E-state index >= 15 is 0 Å². The minimum Gasteiger partial charge on any atom is -0.497 e. The van der Waals surface area contributed by atoms with Crippen LogP contribution in [-0.4, -0.2) is 12.0 Å². The van der Waals surface area contributed by atoms with Gasteiger partial charge in [-0.25, -0.2) is 0 Å².